The molecule has 0 saturated heterocycles. The predicted molar refractivity (Wildman–Crippen MR) is 62.8 cm³/mol. The maximum Gasteiger partial charge on any atom is 0.0795 e. The molecule has 0 fully saturated rings. The van der Waals surface area contributed by atoms with Gasteiger partial charge in [0.2, 0.25) is 0 Å². The van der Waals surface area contributed by atoms with Crippen molar-refractivity contribution in [3.63, 3.8) is 0 Å². The van der Waals surface area contributed by atoms with E-state index in [2.05, 4.69) is 28.2 Å². The summed E-state index contributed by atoms with van der Waals surface area (Å²) in [5.41, 5.74) is 2.02. The van der Waals surface area contributed by atoms with Crippen LogP contribution in [0.3, 0.4) is 0 Å². The Bertz CT molecular complexity index is 553. The Hall–Kier alpha value is -1.42. The van der Waals surface area contributed by atoms with E-state index in [1.54, 1.807) is 6.20 Å². The summed E-state index contributed by atoms with van der Waals surface area (Å²) in [6, 6.07) is 12.1. The molecule has 0 aliphatic carbocycles. The van der Waals surface area contributed by atoms with Crippen LogP contribution in [-0.2, 0) is 0 Å². The Morgan fingerprint density at radius 1 is 0.800 bits per heavy atom. The molecule has 3 aromatic rings. The fraction of sp³-hybridized carbons (Fsp3) is 0. The fourth-order valence-electron chi connectivity index (χ4n) is 1.70. The SMILES string of the molecule is [Ge].c1cnc2c(c1)ccc1ncccc12. The first kappa shape index (κ1) is 10.1. The van der Waals surface area contributed by atoms with Gasteiger partial charge in [0, 0.05) is 40.8 Å². The van der Waals surface area contributed by atoms with E-state index in [4.69, 9.17) is 0 Å². The van der Waals surface area contributed by atoms with E-state index in [0.29, 0.717) is 0 Å². The van der Waals surface area contributed by atoms with Gasteiger partial charge in [0.05, 0.1) is 11.0 Å². The average Bonchev–Trinajstić information content (AvgIpc) is 2.29. The standard InChI is InChI=1S/C12H8N2.Ge/c1-3-9-5-6-11-10(4-2-7-13-11)12(9)14-8-1;/h1-8H;. The number of pyridine rings is 2. The van der Waals surface area contributed by atoms with Crippen LogP contribution in [0.4, 0.5) is 0 Å². The second-order valence-corrected chi connectivity index (χ2v) is 3.21. The molecule has 0 N–H and O–H groups in total. The second-order valence-electron chi connectivity index (χ2n) is 3.21. The zero-order valence-electron chi connectivity index (χ0n) is 8.01. The summed E-state index contributed by atoms with van der Waals surface area (Å²) in [6.07, 6.45) is 3.62. The number of fused-ring (bicyclic) bond motifs is 3. The average molecular weight is 253 g/mol. The molecule has 0 spiro atoms. The Balaban J connectivity index is 0.000000853. The molecule has 3 heteroatoms. The van der Waals surface area contributed by atoms with Gasteiger partial charge in [-0.2, -0.15) is 0 Å². The smallest absolute Gasteiger partial charge is 0.0795 e. The first-order valence-corrected chi connectivity index (χ1v) is 4.53. The molecule has 15 heavy (non-hydrogen) atoms. The van der Waals surface area contributed by atoms with Crippen molar-refractivity contribution in [2.24, 2.45) is 0 Å². The maximum absolute atomic E-state index is 4.37. The molecule has 0 atom stereocenters. The van der Waals surface area contributed by atoms with E-state index in [1.165, 1.54) is 0 Å². The molecule has 70 valence electrons. The van der Waals surface area contributed by atoms with Crippen LogP contribution in [0.2, 0.25) is 0 Å². The summed E-state index contributed by atoms with van der Waals surface area (Å²) in [4.78, 5) is 8.66. The van der Waals surface area contributed by atoms with Crippen molar-refractivity contribution < 1.29 is 0 Å². The van der Waals surface area contributed by atoms with Crippen molar-refractivity contribution in [1.82, 2.24) is 9.97 Å². The molecule has 0 aliphatic heterocycles. The third-order valence-corrected chi connectivity index (χ3v) is 2.35. The van der Waals surface area contributed by atoms with Gasteiger partial charge < -0.3 is 0 Å². The first-order chi connectivity index (χ1) is 6.95. The van der Waals surface area contributed by atoms with Crippen LogP contribution in [0, 0.1) is 0 Å². The number of benzene rings is 1. The van der Waals surface area contributed by atoms with Gasteiger partial charge in [-0.25, -0.2) is 0 Å². The fourth-order valence-corrected chi connectivity index (χ4v) is 1.70. The van der Waals surface area contributed by atoms with Crippen molar-refractivity contribution in [2.45, 2.75) is 0 Å². The molecule has 2 heterocycles. The van der Waals surface area contributed by atoms with E-state index in [0.717, 1.165) is 21.8 Å². The molecule has 2 nitrogen and oxygen atoms in total. The Labute approximate surface area is 98.3 Å². The van der Waals surface area contributed by atoms with Gasteiger partial charge in [-0.05, 0) is 24.3 Å². The molecule has 3 rings (SSSR count). The zero-order valence-corrected chi connectivity index (χ0v) is 10.1. The summed E-state index contributed by atoms with van der Waals surface area (Å²) in [7, 11) is 0. The van der Waals surface area contributed by atoms with E-state index >= 15 is 0 Å². The molecular formula is C12H8GeN2. The maximum atomic E-state index is 4.37. The Morgan fingerprint density at radius 2 is 1.60 bits per heavy atom. The van der Waals surface area contributed by atoms with Crippen LogP contribution >= 0.6 is 0 Å². The van der Waals surface area contributed by atoms with Crippen LogP contribution in [0.15, 0.2) is 48.8 Å². The summed E-state index contributed by atoms with van der Waals surface area (Å²) < 4.78 is 0. The van der Waals surface area contributed by atoms with Crippen molar-refractivity contribution >= 4 is 39.4 Å². The van der Waals surface area contributed by atoms with E-state index in [-0.39, 0.29) is 17.6 Å². The van der Waals surface area contributed by atoms with Gasteiger partial charge in [-0.3, -0.25) is 9.97 Å². The molecule has 2 aromatic heterocycles. The largest absolute Gasteiger partial charge is 0.256 e. The normalized spacial score (nSPS) is 10.1. The van der Waals surface area contributed by atoms with Crippen LogP contribution in [0.1, 0.15) is 0 Å². The minimum Gasteiger partial charge on any atom is -0.256 e. The summed E-state index contributed by atoms with van der Waals surface area (Å²) in [6.45, 7) is 0. The van der Waals surface area contributed by atoms with Crippen molar-refractivity contribution in [2.75, 3.05) is 0 Å². The van der Waals surface area contributed by atoms with Gasteiger partial charge in [-0.15, -0.1) is 0 Å². The van der Waals surface area contributed by atoms with Crippen LogP contribution in [-0.4, -0.2) is 27.6 Å². The second kappa shape index (κ2) is 3.98. The molecule has 1 aromatic carbocycles. The molecule has 0 saturated carbocycles. The molecule has 4 radical (unpaired) electrons. The van der Waals surface area contributed by atoms with E-state index < -0.39 is 0 Å². The molecular weight excluding hydrogens is 245 g/mol. The van der Waals surface area contributed by atoms with E-state index in [1.807, 2.05) is 24.4 Å². The number of rotatable bonds is 0. The van der Waals surface area contributed by atoms with Gasteiger partial charge in [-0.1, -0.05) is 12.1 Å². The number of hydrogen-bond acceptors (Lipinski definition) is 2. The molecule has 0 bridgehead atoms. The van der Waals surface area contributed by atoms with Gasteiger partial charge >= 0.3 is 0 Å². The summed E-state index contributed by atoms with van der Waals surface area (Å²) in [5.74, 6) is 0. The van der Waals surface area contributed by atoms with Crippen molar-refractivity contribution in [3.05, 3.63) is 48.8 Å². The number of aromatic nitrogens is 2. The van der Waals surface area contributed by atoms with Gasteiger partial charge in [0.15, 0.2) is 0 Å². The molecule has 0 amide bonds. The number of hydrogen-bond donors (Lipinski definition) is 0. The first-order valence-electron chi connectivity index (χ1n) is 4.53. The number of nitrogens with zero attached hydrogens (tertiary/aromatic N) is 2. The monoisotopic (exact) mass is 254 g/mol. The van der Waals surface area contributed by atoms with E-state index in [9.17, 15) is 0 Å². The topological polar surface area (TPSA) is 25.8 Å². The van der Waals surface area contributed by atoms with Crippen molar-refractivity contribution in [3.8, 4) is 0 Å². The molecule has 0 unspecified atom stereocenters. The minimum absolute atomic E-state index is 0. The third-order valence-electron chi connectivity index (χ3n) is 2.35. The summed E-state index contributed by atoms with van der Waals surface area (Å²) in [5, 5.41) is 2.28. The molecule has 0 aliphatic rings. The zero-order chi connectivity index (χ0) is 9.38. The van der Waals surface area contributed by atoms with Gasteiger partial charge in [0.1, 0.15) is 0 Å². The van der Waals surface area contributed by atoms with Crippen LogP contribution in [0.25, 0.3) is 21.8 Å². The van der Waals surface area contributed by atoms with Crippen LogP contribution in [0.5, 0.6) is 0 Å². The van der Waals surface area contributed by atoms with Crippen LogP contribution < -0.4 is 0 Å². The van der Waals surface area contributed by atoms with Crippen molar-refractivity contribution in [1.29, 1.82) is 0 Å². The summed E-state index contributed by atoms with van der Waals surface area (Å²) >= 11 is 0. The van der Waals surface area contributed by atoms with Gasteiger partial charge in [0.25, 0.3) is 0 Å². The Kier molecular flexibility index (Phi) is 2.69. The third kappa shape index (κ3) is 1.61. The Morgan fingerprint density at radius 3 is 2.53 bits per heavy atom. The minimum atomic E-state index is 0. The quantitative estimate of drug-likeness (QED) is 0.454. The predicted octanol–water partition coefficient (Wildman–Crippen LogP) is 2.40.